The van der Waals surface area contributed by atoms with Gasteiger partial charge in [0.2, 0.25) is 0 Å². The van der Waals surface area contributed by atoms with Gasteiger partial charge in [-0.3, -0.25) is 9.80 Å². The van der Waals surface area contributed by atoms with Crippen molar-refractivity contribution < 1.29 is 4.39 Å². The molecule has 82 valence electrons. The molecule has 2 nitrogen and oxygen atoms in total. The summed E-state index contributed by atoms with van der Waals surface area (Å²) in [4.78, 5) is 4.57. The van der Waals surface area contributed by atoms with Crippen molar-refractivity contribution in [3.05, 3.63) is 0 Å². The highest BCUT2D eigenvalue weighted by atomic mass is 19.1. The molecular formula is C11H21FN2. The number of nitrogens with zero attached hydrogens (tertiary/aromatic N) is 2. The van der Waals surface area contributed by atoms with Gasteiger partial charge in [-0.15, -0.1) is 0 Å². The van der Waals surface area contributed by atoms with Crippen LogP contribution in [-0.4, -0.2) is 53.7 Å². The number of hydrogen-bond donors (Lipinski definition) is 0. The lowest BCUT2D eigenvalue weighted by atomic mass is 9.82. The fourth-order valence-corrected chi connectivity index (χ4v) is 2.57. The lowest BCUT2D eigenvalue weighted by Crippen LogP contribution is -2.73. The molecule has 0 aliphatic carbocycles. The second kappa shape index (κ2) is 2.92. The van der Waals surface area contributed by atoms with Crippen LogP contribution in [0.25, 0.3) is 0 Å². The normalized spacial score (nSPS) is 33.6. The standard InChI is InChI=1S/C11H21FN2/c1-10(2,3)14-7-11(8-14)9(12)5-6-13(11)4/h9H,5-8H2,1-4H3/t9-/m1/s1. The predicted molar refractivity (Wildman–Crippen MR) is 56.2 cm³/mol. The van der Waals surface area contributed by atoms with E-state index in [0.29, 0.717) is 6.42 Å². The summed E-state index contributed by atoms with van der Waals surface area (Å²) in [6.45, 7) is 9.30. The molecule has 0 saturated carbocycles. The molecule has 0 radical (unpaired) electrons. The number of likely N-dealkylation sites (N-methyl/N-ethyl adjacent to an activating group) is 1. The Morgan fingerprint density at radius 2 is 1.86 bits per heavy atom. The molecular weight excluding hydrogens is 179 g/mol. The van der Waals surface area contributed by atoms with E-state index in [1.807, 2.05) is 0 Å². The Bertz CT molecular complexity index is 216. The van der Waals surface area contributed by atoms with Gasteiger partial charge >= 0.3 is 0 Å². The largest absolute Gasteiger partial charge is 0.296 e. The summed E-state index contributed by atoms with van der Waals surface area (Å²) in [5, 5.41) is 0. The zero-order valence-corrected chi connectivity index (χ0v) is 9.68. The van der Waals surface area contributed by atoms with E-state index < -0.39 is 6.17 Å². The highest BCUT2D eigenvalue weighted by Gasteiger charge is 2.57. The first-order chi connectivity index (χ1) is 6.36. The monoisotopic (exact) mass is 200 g/mol. The lowest BCUT2D eigenvalue weighted by Gasteiger charge is -2.57. The maximum absolute atomic E-state index is 13.8. The van der Waals surface area contributed by atoms with E-state index in [1.54, 1.807) is 0 Å². The Hall–Kier alpha value is -0.150. The molecule has 0 N–H and O–H groups in total. The van der Waals surface area contributed by atoms with Crippen LogP contribution in [0.2, 0.25) is 0 Å². The van der Waals surface area contributed by atoms with Gasteiger partial charge < -0.3 is 0 Å². The molecule has 3 heteroatoms. The number of rotatable bonds is 0. The van der Waals surface area contributed by atoms with Crippen molar-refractivity contribution in [2.24, 2.45) is 0 Å². The van der Waals surface area contributed by atoms with Gasteiger partial charge in [0.05, 0.1) is 5.54 Å². The van der Waals surface area contributed by atoms with Gasteiger partial charge in [0, 0.05) is 25.2 Å². The molecule has 0 aromatic heterocycles. The minimum atomic E-state index is -0.619. The van der Waals surface area contributed by atoms with E-state index in [4.69, 9.17) is 0 Å². The lowest BCUT2D eigenvalue weighted by molar-refractivity contribution is -0.0928. The van der Waals surface area contributed by atoms with Gasteiger partial charge in [-0.2, -0.15) is 0 Å². The first-order valence-corrected chi connectivity index (χ1v) is 5.47. The van der Waals surface area contributed by atoms with Crippen LogP contribution in [-0.2, 0) is 0 Å². The third-order valence-corrected chi connectivity index (χ3v) is 3.94. The third-order valence-electron chi connectivity index (χ3n) is 3.94. The Balaban J connectivity index is 2.04. The van der Waals surface area contributed by atoms with Crippen molar-refractivity contribution in [3.8, 4) is 0 Å². The van der Waals surface area contributed by atoms with E-state index in [2.05, 4.69) is 37.6 Å². The quantitative estimate of drug-likeness (QED) is 0.585. The number of hydrogen-bond acceptors (Lipinski definition) is 2. The van der Waals surface area contributed by atoms with Gasteiger partial charge in [-0.1, -0.05) is 0 Å². The van der Waals surface area contributed by atoms with Crippen LogP contribution in [0, 0.1) is 0 Å². The van der Waals surface area contributed by atoms with Crippen LogP contribution in [0.3, 0.4) is 0 Å². The summed E-state index contributed by atoms with van der Waals surface area (Å²) < 4.78 is 13.8. The highest BCUT2D eigenvalue weighted by Crippen LogP contribution is 2.41. The summed E-state index contributed by atoms with van der Waals surface area (Å²) in [5.41, 5.74) is 0.0433. The van der Waals surface area contributed by atoms with Crippen molar-refractivity contribution in [2.45, 2.75) is 44.4 Å². The molecule has 2 heterocycles. The Kier molecular flexibility index (Phi) is 2.16. The molecule has 0 aromatic carbocycles. The van der Waals surface area contributed by atoms with Crippen molar-refractivity contribution in [2.75, 3.05) is 26.7 Å². The van der Waals surface area contributed by atoms with Crippen LogP contribution < -0.4 is 0 Å². The van der Waals surface area contributed by atoms with Crippen molar-refractivity contribution in [3.63, 3.8) is 0 Å². The summed E-state index contributed by atoms with van der Waals surface area (Å²) >= 11 is 0. The second-order valence-corrected chi connectivity index (χ2v) is 5.81. The minimum Gasteiger partial charge on any atom is -0.296 e. The van der Waals surface area contributed by atoms with Crippen LogP contribution in [0.4, 0.5) is 4.39 Å². The maximum Gasteiger partial charge on any atom is 0.122 e. The smallest absolute Gasteiger partial charge is 0.122 e. The summed E-state index contributed by atoms with van der Waals surface area (Å²) in [6, 6.07) is 0. The van der Waals surface area contributed by atoms with Crippen LogP contribution in [0.5, 0.6) is 0 Å². The maximum atomic E-state index is 13.8. The van der Waals surface area contributed by atoms with Gasteiger partial charge in [-0.25, -0.2) is 4.39 Å². The average molecular weight is 200 g/mol. The van der Waals surface area contributed by atoms with Crippen LogP contribution in [0.1, 0.15) is 27.2 Å². The Morgan fingerprint density at radius 1 is 1.29 bits per heavy atom. The molecule has 1 spiro atoms. The van der Waals surface area contributed by atoms with E-state index in [-0.39, 0.29) is 11.1 Å². The first kappa shape index (κ1) is 10.4. The minimum absolute atomic E-state index is 0.146. The SMILES string of the molecule is CN1CC[C@@H](F)C12CN(C(C)(C)C)C2. The molecule has 1 atom stereocenters. The first-order valence-electron chi connectivity index (χ1n) is 5.47. The van der Waals surface area contributed by atoms with Gasteiger partial charge in [0.15, 0.2) is 0 Å². The molecule has 0 bridgehead atoms. The predicted octanol–water partition coefficient (Wildman–Crippen LogP) is 1.51. The molecule has 0 amide bonds. The Labute approximate surface area is 86.1 Å². The molecule has 2 rings (SSSR count). The number of likely N-dealkylation sites (tertiary alicyclic amines) is 2. The molecule has 2 aliphatic heterocycles. The second-order valence-electron chi connectivity index (χ2n) is 5.81. The third kappa shape index (κ3) is 1.29. The fraction of sp³-hybridized carbons (Fsp3) is 1.00. The van der Waals surface area contributed by atoms with E-state index in [1.165, 1.54) is 0 Å². The molecule has 2 fully saturated rings. The van der Waals surface area contributed by atoms with E-state index in [9.17, 15) is 4.39 Å². The zero-order valence-electron chi connectivity index (χ0n) is 9.68. The van der Waals surface area contributed by atoms with Gasteiger partial charge in [-0.05, 0) is 34.2 Å². The topological polar surface area (TPSA) is 6.48 Å². The molecule has 14 heavy (non-hydrogen) atoms. The van der Waals surface area contributed by atoms with Crippen molar-refractivity contribution >= 4 is 0 Å². The van der Waals surface area contributed by atoms with Crippen LogP contribution >= 0.6 is 0 Å². The van der Waals surface area contributed by atoms with Gasteiger partial charge in [0.1, 0.15) is 6.17 Å². The summed E-state index contributed by atoms with van der Waals surface area (Å²) in [7, 11) is 2.06. The van der Waals surface area contributed by atoms with Crippen molar-refractivity contribution in [1.29, 1.82) is 0 Å². The number of halogens is 1. The van der Waals surface area contributed by atoms with E-state index in [0.717, 1.165) is 19.6 Å². The Morgan fingerprint density at radius 3 is 2.21 bits per heavy atom. The highest BCUT2D eigenvalue weighted by molar-refractivity contribution is 5.13. The zero-order chi connectivity index (χ0) is 10.6. The number of alkyl halides is 1. The van der Waals surface area contributed by atoms with Gasteiger partial charge in [0.25, 0.3) is 0 Å². The molecule has 2 aliphatic rings. The van der Waals surface area contributed by atoms with E-state index >= 15 is 0 Å². The fourth-order valence-electron chi connectivity index (χ4n) is 2.57. The molecule has 0 unspecified atom stereocenters. The molecule has 2 saturated heterocycles. The van der Waals surface area contributed by atoms with Crippen LogP contribution in [0.15, 0.2) is 0 Å². The molecule has 0 aromatic rings. The summed E-state index contributed by atoms with van der Waals surface area (Å²) in [6.07, 6.45) is 0.0974. The van der Waals surface area contributed by atoms with Crippen molar-refractivity contribution in [1.82, 2.24) is 9.80 Å². The summed E-state index contributed by atoms with van der Waals surface area (Å²) in [5.74, 6) is 0. The average Bonchev–Trinajstić information content (AvgIpc) is 2.22.